The third-order valence-corrected chi connectivity index (χ3v) is 2.43. The number of aromatic nitrogens is 3. The second kappa shape index (κ2) is 4.89. The molecule has 0 bridgehead atoms. The molecule has 1 amide bonds. The number of carbonyl (C=O) groups excluding carboxylic acids is 1. The molecule has 0 aliphatic rings. The Hall–Kier alpha value is -1.69. The molecule has 0 saturated carbocycles. The molecule has 2 heterocycles. The fourth-order valence-electron chi connectivity index (χ4n) is 1.17. The Bertz CT molecular complexity index is 466. The second-order valence-corrected chi connectivity index (χ2v) is 3.90. The standard InChI is InChI=1S/C10H9BrN4O/c11-8-2-1-7(5-14-8)10(16)15-6-9-12-3-4-13-9/h1-5H,6H2,(H,12,13)(H,15,16). The van der Waals surface area contributed by atoms with Gasteiger partial charge in [0, 0.05) is 18.6 Å². The fraction of sp³-hybridized carbons (Fsp3) is 0.100. The van der Waals surface area contributed by atoms with Crippen LogP contribution in [0.3, 0.4) is 0 Å². The number of pyridine rings is 1. The molecular weight excluding hydrogens is 272 g/mol. The monoisotopic (exact) mass is 280 g/mol. The van der Waals surface area contributed by atoms with Crippen LogP contribution in [-0.4, -0.2) is 20.9 Å². The minimum atomic E-state index is -0.170. The zero-order chi connectivity index (χ0) is 11.4. The Labute approximate surface area is 100 Å². The lowest BCUT2D eigenvalue weighted by Crippen LogP contribution is -2.23. The Morgan fingerprint density at radius 3 is 2.94 bits per heavy atom. The fourth-order valence-corrected chi connectivity index (χ4v) is 1.41. The van der Waals surface area contributed by atoms with Crippen LogP contribution < -0.4 is 5.32 Å². The normalized spacial score (nSPS) is 10.1. The van der Waals surface area contributed by atoms with E-state index in [9.17, 15) is 4.79 Å². The molecule has 2 aromatic rings. The predicted octanol–water partition coefficient (Wildman–Crippen LogP) is 1.50. The van der Waals surface area contributed by atoms with Crippen LogP contribution in [0.2, 0.25) is 0 Å². The van der Waals surface area contributed by atoms with Gasteiger partial charge in [0.15, 0.2) is 0 Å². The first-order valence-electron chi connectivity index (χ1n) is 4.64. The van der Waals surface area contributed by atoms with Crippen molar-refractivity contribution < 1.29 is 4.79 Å². The average molecular weight is 281 g/mol. The molecule has 82 valence electrons. The molecule has 0 radical (unpaired) electrons. The summed E-state index contributed by atoms with van der Waals surface area (Å²) in [6, 6.07) is 3.43. The minimum Gasteiger partial charge on any atom is -0.347 e. The van der Waals surface area contributed by atoms with E-state index in [2.05, 4.69) is 36.2 Å². The largest absolute Gasteiger partial charge is 0.347 e. The van der Waals surface area contributed by atoms with E-state index in [1.165, 1.54) is 6.20 Å². The number of rotatable bonds is 3. The molecule has 6 heteroatoms. The summed E-state index contributed by atoms with van der Waals surface area (Å²) in [5, 5.41) is 2.73. The molecule has 2 rings (SSSR count). The molecule has 2 aromatic heterocycles. The summed E-state index contributed by atoms with van der Waals surface area (Å²) >= 11 is 3.21. The van der Waals surface area contributed by atoms with Crippen molar-refractivity contribution >= 4 is 21.8 Å². The number of amides is 1. The number of nitrogens with one attached hydrogen (secondary N) is 2. The number of hydrogen-bond donors (Lipinski definition) is 2. The summed E-state index contributed by atoms with van der Waals surface area (Å²) < 4.78 is 0.704. The van der Waals surface area contributed by atoms with Crippen molar-refractivity contribution in [2.45, 2.75) is 6.54 Å². The van der Waals surface area contributed by atoms with Gasteiger partial charge in [-0.2, -0.15) is 0 Å². The molecule has 0 aliphatic carbocycles. The third kappa shape index (κ3) is 2.66. The Balaban J connectivity index is 1.95. The van der Waals surface area contributed by atoms with Gasteiger partial charge in [0.2, 0.25) is 0 Å². The van der Waals surface area contributed by atoms with Crippen LogP contribution in [0.5, 0.6) is 0 Å². The highest BCUT2D eigenvalue weighted by Crippen LogP contribution is 2.06. The Kier molecular flexibility index (Phi) is 3.31. The first kappa shape index (κ1) is 10.8. The molecule has 2 N–H and O–H groups in total. The molecule has 0 atom stereocenters. The second-order valence-electron chi connectivity index (χ2n) is 3.09. The Morgan fingerprint density at radius 2 is 2.31 bits per heavy atom. The van der Waals surface area contributed by atoms with Crippen LogP contribution in [0.1, 0.15) is 16.2 Å². The highest BCUT2D eigenvalue weighted by atomic mass is 79.9. The van der Waals surface area contributed by atoms with Crippen LogP contribution in [0.15, 0.2) is 35.3 Å². The molecule has 0 fully saturated rings. The lowest BCUT2D eigenvalue weighted by Gasteiger charge is -2.02. The number of halogens is 1. The summed E-state index contributed by atoms with van der Waals surface area (Å²) in [6.07, 6.45) is 4.87. The van der Waals surface area contributed by atoms with Gasteiger partial charge >= 0.3 is 0 Å². The van der Waals surface area contributed by atoms with Gasteiger partial charge in [0.1, 0.15) is 10.4 Å². The summed E-state index contributed by atoms with van der Waals surface area (Å²) in [5.41, 5.74) is 0.523. The molecule has 0 aliphatic heterocycles. The lowest BCUT2D eigenvalue weighted by atomic mass is 10.3. The van der Waals surface area contributed by atoms with E-state index >= 15 is 0 Å². The van der Waals surface area contributed by atoms with E-state index in [0.717, 1.165) is 5.82 Å². The van der Waals surface area contributed by atoms with E-state index < -0.39 is 0 Å². The summed E-state index contributed by atoms with van der Waals surface area (Å²) in [4.78, 5) is 22.5. The molecule has 16 heavy (non-hydrogen) atoms. The van der Waals surface area contributed by atoms with Crippen LogP contribution >= 0.6 is 15.9 Å². The topological polar surface area (TPSA) is 70.7 Å². The zero-order valence-electron chi connectivity index (χ0n) is 8.27. The van der Waals surface area contributed by atoms with E-state index in [1.807, 2.05) is 0 Å². The minimum absolute atomic E-state index is 0.170. The molecule has 0 aromatic carbocycles. The van der Waals surface area contributed by atoms with Crippen LogP contribution in [0, 0.1) is 0 Å². The van der Waals surface area contributed by atoms with Crippen molar-refractivity contribution in [3.63, 3.8) is 0 Å². The van der Waals surface area contributed by atoms with Gasteiger partial charge in [-0.1, -0.05) is 0 Å². The van der Waals surface area contributed by atoms with Crippen molar-refractivity contribution in [2.24, 2.45) is 0 Å². The lowest BCUT2D eigenvalue weighted by molar-refractivity contribution is 0.0949. The first-order valence-corrected chi connectivity index (χ1v) is 5.43. The van der Waals surface area contributed by atoms with E-state index in [0.29, 0.717) is 16.7 Å². The maximum Gasteiger partial charge on any atom is 0.253 e. The van der Waals surface area contributed by atoms with Gasteiger partial charge < -0.3 is 10.3 Å². The molecule has 0 saturated heterocycles. The van der Waals surface area contributed by atoms with Gasteiger partial charge in [-0.3, -0.25) is 4.79 Å². The number of H-pyrrole nitrogens is 1. The third-order valence-electron chi connectivity index (χ3n) is 1.96. The van der Waals surface area contributed by atoms with Crippen molar-refractivity contribution in [3.8, 4) is 0 Å². The Morgan fingerprint density at radius 1 is 1.44 bits per heavy atom. The van der Waals surface area contributed by atoms with Gasteiger partial charge in [-0.05, 0) is 28.1 Å². The van der Waals surface area contributed by atoms with Crippen molar-refractivity contribution in [1.82, 2.24) is 20.3 Å². The van der Waals surface area contributed by atoms with Crippen molar-refractivity contribution in [3.05, 3.63) is 46.7 Å². The van der Waals surface area contributed by atoms with E-state index in [-0.39, 0.29) is 5.91 Å². The molecular formula is C10H9BrN4O. The van der Waals surface area contributed by atoms with Gasteiger partial charge in [0.25, 0.3) is 5.91 Å². The average Bonchev–Trinajstić information content (AvgIpc) is 2.80. The highest BCUT2D eigenvalue weighted by molar-refractivity contribution is 9.10. The van der Waals surface area contributed by atoms with E-state index in [1.54, 1.807) is 24.5 Å². The highest BCUT2D eigenvalue weighted by Gasteiger charge is 2.05. The van der Waals surface area contributed by atoms with Crippen LogP contribution in [0.4, 0.5) is 0 Å². The van der Waals surface area contributed by atoms with E-state index in [4.69, 9.17) is 0 Å². The van der Waals surface area contributed by atoms with Gasteiger partial charge in [-0.25, -0.2) is 9.97 Å². The molecule has 0 unspecified atom stereocenters. The molecule has 5 nitrogen and oxygen atoms in total. The first-order chi connectivity index (χ1) is 7.75. The van der Waals surface area contributed by atoms with Gasteiger partial charge in [-0.15, -0.1) is 0 Å². The van der Waals surface area contributed by atoms with Crippen molar-refractivity contribution in [1.29, 1.82) is 0 Å². The van der Waals surface area contributed by atoms with Crippen LogP contribution in [-0.2, 0) is 6.54 Å². The maximum absolute atomic E-state index is 11.6. The number of nitrogens with zero attached hydrogens (tertiary/aromatic N) is 2. The predicted molar refractivity (Wildman–Crippen MR) is 61.7 cm³/mol. The maximum atomic E-state index is 11.6. The van der Waals surface area contributed by atoms with Crippen molar-refractivity contribution in [2.75, 3.05) is 0 Å². The summed E-state index contributed by atoms with van der Waals surface area (Å²) in [7, 11) is 0. The zero-order valence-corrected chi connectivity index (χ0v) is 9.86. The number of imidazole rings is 1. The number of aromatic amines is 1. The quantitative estimate of drug-likeness (QED) is 0.837. The number of hydrogen-bond acceptors (Lipinski definition) is 3. The number of carbonyl (C=O) groups is 1. The summed E-state index contributed by atoms with van der Waals surface area (Å²) in [6.45, 7) is 0.377. The summed E-state index contributed by atoms with van der Waals surface area (Å²) in [5.74, 6) is 0.551. The van der Waals surface area contributed by atoms with Crippen LogP contribution in [0.25, 0.3) is 0 Å². The smallest absolute Gasteiger partial charge is 0.253 e. The van der Waals surface area contributed by atoms with Gasteiger partial charge in [0.05, 0.1) is 12.1 Å². The molecule has 0 spiro atoms. The SMILES string of the molecule is O=C(NCc1ncc[nH]1)c1ccc(Br)nc1.